The number of unbranched alkanes of at least 4 members (excludes halogenated alkanes) is 2. The standard InChI is InChI=1S/C25H45N6O8P/c1-3-4-13-20(40(37,38)39-16(2)23(34)31-15-8-12-19(31)24(35)36)30-22(33)18(11-5-6-14-28-25(26)27)29-21(32)17-9-7-10-17/h16-20H,3-15H2,1-2H3,(H,29,32)(H,30,33)(H,35,36)(H,37,38)(H4,26,27,28)/t16?,18-,19-,20-/m0/s1. The number of rotatable bonds is 17. The van der Waals surface area contributed by atoms with Gasteiger partial charge in [-0.1, -0.05) is 26.2 Å². The summed E-state index contributed by atoms with van der Waals surface area (Å²) in [5.41, 5.74) is 5.29. The maximum atomic E-state index is 13.4. The molecule has 2 aliphatic rings. The quantitative estimate of drug-likeness (QED) is 0.0556. The van der Waals surface area contributed by atoms with E-state index in [4.69, 9.17) is 15.7 Å². The highest BCUT2D eigenvalue weighted by molar-refractivity contribution is 7.53. The van der Waals surface area contributed by atoms with Crippen LogP contribution in [0, 0.1) is 11.3 Å². The van der Waals surface area contributed by atoms with Crippen molar-refractivity contribution in [3.63, 3.8) is 0 Å². The highest BCUT2D eigenvalue weighted by Crippen LogP contribution is 2.49. The lowest BCUT2D eigenvalue weighted by atomic mass is 9.84. The van der Waals surface area contributed by atoms with Crippen LogP contribution in [0.5, 0.6) is 0 Å². The number of nitrogens with zero attached hydrogens (tertiary/aromatic N) is 1. The third kappa shape index (κ3) is 10.0. The molecule has 0 radical (unpaired) electrons. The van der Waals surface area contributed by atoms with Gasteiger partial charge in [-0.05, 0) is 58.3 Å². The maximum Gasteiger partial charge on any atom is 0.350 e. The largest absolute Gasteiger partial charge is 0.480 e. The van der Waals surface area contributed by atoms with Crippen molar-refractivity contribution in [3.05, 3.63) is 0 Å². The van der Waals surface area contributed by atoms with Crippen molar-refractivity contribution in [2.45, 2.75) is 108 Å². The summed E-state index contributed by atoms with van der Waals surface area (Å²) in [5.74, 6) is -4.37. The maximum absolute atomic E-state index is 13.4. The van der Waals surface area contributed by atoms with E-state index in [-0.39, 0.29) is 37.2 Å². The molecule has 1 heterocycles. The zero-order valence-corrected chi connectivity index (χ0v) is 24.3. The van der Waals surface area contributed by atoms with Gasteiger partial charge < -0.3 is 36.6 Å². The Balaban J connectivity index is 2.10. The molecule has 0 spiro atoms. The molecule has 0 aromatic carbocycles. The Morgan fingerprint density at radius 1 is 1.10 bits per heavy atom. The van der Waals surface area contributed by atoms with E-state index in [0.29, 0.717) is 45.1 Å². The second kappa shape index (κ2) is 15.9. The average molecular weight is 589 g/mol. The minimum atomic E-state index is -4.60. The van der Waals surface area contributed by atoms with E-state index in [1.165, 1.54) is 6.92 Å². The zero-order chi connectivity index (χ0) is 29.9. The first-order valence-corrected chi connectivity index (χ1v) is 15.7. The van der Waals surface area contributed by atoms with E-state index in [2.05, 4.69) is 16.0 Å². The lowest BCUT2D eigenvalue weighted by Crippen LogP contribution is -2.52. The van der Waals surface area contributed by atoms with Crippen LogP contribution in [-0.4, -0.2) is 81.6 Å². The molecule has 40 heavy (non-hydrogen) atoms. The van der Waals surface area contributed by atoms with Gasteiger partial charge in [0.15, 0.2) is 5.96 Å². The first kappa shape index (κ1) is 33.5. The third-order valence-corrected chi connectivity index (χ3v) is 9.15. The highest BCUT2D eigenvalue weighted by Gasteiger charge is 2.42. The Kier molecular flexibility index (Phi) is 13.3. The molecular formula is C25H45N6O8P. The molecule has 3 amide bonds. The number of nitrogens with one attached hydrogen (secondary N) is 4. The molecule has 1 aliphatic carbocycles. The van der Waals surface area contributed by atoms with E-state index in [0.717, 1.165) is 24.2 Å². The molecule has 1 aliphatic heterocycles. The first-order valence-electron chi connectivity index (χ1n) is 14.1. The monoisotopic (exact) mass is 588 g/mol. The second-order valence-corrected chi connectivity index (χ2v) is 12.5. The van der Waals surface area contributed by atoms with E-state index in [1.54, 1.807) is 0 Å². The molecule has 8 N–H and O–H groups in total. The van der Waals surface area contributed by atoms with Crippen LogP contribution >= 0.6 is 7.60 Å². The number of guanidine groups is 1. The Morgan fingerprint density at radius 2 is 1.80 bits per heavy atom. The number of carbonyl (C=O) groups excluding carboxylic acids is 3. The molecule has 1 saturated heterocycles. The van der Waals surface area contributed by atoms with Gasteiger partial charge >= 0.3 is 13.6 Å². The minimum absolute atomic E-state index is 0.101. The molecule has 14 nitrogen and oxygen atoms in total. The van der Waals surface area contributed by atoms with Gasteiger partial charge in [-0.3, -0.25) is 28.9 Å². The molecule has 2 rings (SSSR count). The number of hydrogen-bond donors (Lipinski definition) is 7. The normalized spacial score (nSPS) is 20.9. The topological polar surface area (TPSA) is 224 Å². The average Bonchev–Trinajstić information content (AvgIpc) is 3.33. The summed E-state index contributed by atoms with van der Waals surface area (Å²) in [6, 6.07) is -1.97. The Morgan fingerprint density at radius 3 is 2.38 bits per heavy atom. The fourth-order valence-electron chi connectivity index (χ4n) is 4.77. The number of nitrogens with two attached hydrogens (primary N) is 1. The zero-order valence-electron chi connectivity index (χ0n) is 23.4. The van der Waals surface area contributed by atoms with Crippen LogP contribution in [0.2, 0.25) is 0 Å². The Labute approximate surface area is 235 Å². The smallest absolute Gasteiger partial charge is 0.350 e. The van der Waals surface area contributed by atoms with Gasteiger partial charge in [0.05, 0.1) is 0 Å². The van der Waals surface area contributed by atoms with Crippen molar-refractivity contribution in [2.75, 3.05) is 13.1 Å². The number of amides is 3. The van der Waals surface area contributed by atoms with Gasteiger partial charge in [0.25, 0.3) is 5.91 Å². The van der Waals surface area contributed by atoms with Crippen molar-refractivity contribution in [3.8, 4) is 0 Å². The summed E-state index contributed by atoms with van der Waals surface area (Å²) in [5, 5.41) is 24.7. The van der Waals surface area contributed by atoms with Crippen LogP contribution in [0.1, 0.15) is 84.5 Å². The summed E-state index contributed by atoms with van der Waals surface area (Å²) in [6.07, 6.45) is 4.44. The number of aliphatic carboxylic acids is 1. The number of carbonyl (C=O) groups is 4. The van der Waals surface area contributed by atoms with Gasteiger partial charge in [-0.15, -0.1) is 0 Å². The lowest BCUT2D eigenvalue weighted by Gasteiger charge is -2.31. The van der Waals surface area contributed by atoms with Crippen LogP contribution in [0.15, 0.2) is 0 Å². The fraction of sp³-hybridized carbons (Fsp3) is 0.800. The molecule has 5 atom stereocenters. The summed E-state index contributed by atoms with van der Waals surface area (Å²) in [4.78, 5) is 62.3. The van der Waals surface area contributed by atoms with Gasteiger partial charge in [-0.25, -0.2) is 4.79 Å². The molecule has 2 unspecified atom stereocenters. The van der Waals surface area contributed by atoms with Gasteiger partial charge in [0.2, 0.25) is 11.8 Å². The van der Waals surface area contributed by atoms with Gasteiger partial charge in [-0.2, -0.15) is 0 Å². The molecule has 0 aromatic rings. The van der Waals surface area contributed by atoms with Gasteiger partial charge in [0.1, 0.15) is 24.0 Å². The van der Waals surface area contributed by atoms with Crippen molar-refractivity contribution in [1.82, 2.24) is 20.9 Å². The van der Waals surface area contributed by atoms with Gasteiger partial charge in [0, 0.05) is 19.0 Å². The molecule has 15 heteroatoms. The lowest BCUT2D eigenvalue weighted by molar-refractivity contribution is -0.151. The van der Waals surface area contributed by atoms with Crippen molar-refractivity contribution < 1.29 is 38.3 Å². The van der Waals surface area contributed by atoms with E-state index in [9.17, 15) is 33.7 Å². The molecule has 0 aromatic heterocycles. The highest BCUT2D eigenvalue weighted by atomic mass is 31.2. The van der Waals surface area contributed by atoms with Crippen LogP contribution in [0.4, 0.5) is 0 Å². The Hall–Kier alpha value is -2.70. The molecule has 1 saturated carbocycles. The van der Waals surface area contributed by atoms with Crippen LogP contribution in [0.3, 0.4) is 0 Å². The van der Waals surface area contributed by atoms with E-state index < -0.39 is 49.4 Å². The molecule has 228 valence electrons. The van der Waals surface area contributed by atoms with Crippen LogP contribution < -0.4 is 21.7 Å². The van der Waals surface area contributed by atoms with Crippen molar-refractivity contribution in [1.29, 1.82) is 5.41 Å². The summed E-state index contributed by atoms with van der Waals surface area (Å²) >= 11 is 0. The van der Waals surface area contributed by atoms with E-state index in [1.807, 2.05) is 6.92 Å². The van der Waals surface area contributed by atoms with E-state index >= 15 is 0 Å². The molecule has 2 fully saturated rings. The Bertz CT molecular complexity index is 962. The number of hydrogen-bond acceptors (Lipinski definition) is 7. The number of carboxylic acid groups (broad SMARTS) is 1. The third-order valence-electron chi connectivity index (χ3n) is 7.36. The van der Waals surface area contributed by atoms with Crippen LogP contribution in [-0.2, 0) is 28.3 Å². The minimum Gasteiger partial charge on any atom is -0.480 e. The first-order chi connectivity index (χ1) is 18.9. The van der Waals surface area contributed by atoms with Crippen LogP contribution in [0.25, 0.3) is 0 Å². The van der Waals surface area contributed by atoms with Crippen molar-refractivity contribution >= 4 is 37.2 Å². The predicted octanol–water partition coefficient (Wildman–Crippen LogP) is 1.22. The summed E-state index contributed by atoms with van der Waals surface area (Å²) < 4.78 is 18.7. The number of likely N-dealkylation sites (tertiary alicyclic amines) is 1. The predicted molar refractivity (Wildman–Crippen MR) is 147 cm³/mol. The summed E-state index contributed by atoms with van der Waals surface area (Å²) in [7, 11) is -4.60. The molecular weight excluding hydrogens is 543 g/mol. The van der Waals surface area contributed by atoms with Crippen molar-refractivity contribution in [2.24, 2.45) is 11.7 Å². The summed E-state index contributed by atoms with van der Waals surface area (Å²) in [6.45, 7) is 3.80. The number of carboxylic acids is 1. The fourth-order valence-corrected chi connectivity index (χ4v) is 6.26. The molecule has 0 bridgehead atoms. The SMILES string of the molecule is CCCC[C@@H](NC(=O)[C@H](CCCCNC(=N)N)NC(=O)C1CCC1)P(=O)(O)OC(C)C(=O)N1CCC[C@H]1C(=O)O. The second-order valence-electron chi connectivity index (χ2n) is 10.5.